The first-order valence-corrected chi connectivity index (χ1v) is 6.14. The lowest BCUT2D eigenvalue weighted by Gasteiger charge is -2.56. The SMILES string of the molecule is CC(C)C(C)(C)C(C)(O)C(C)(C)C(C)(C)O. The van der Waals surface area contributed by atoms with Crippen LogP contribution in [0.5, 0.6) is 0 Å². The fourth-order valence-electron chi connectivity index (χ4n) is 1.96. The summed E-state index contributed by atoms with van der Waals surface area (Å²) in [7, 11) is 0. The minimum atomic E-state index is -0.952. The molecule has 0 aromatic heterocycles. The Labute approximate surface area is 101 Å². The van der Waals surface area contributed by atoms with Gasteiger partial charge in [0.1, 0.15) is 0 Å². The van der Waals surface area contributed by atoms with Gasteiger partial charge in [0.2, 0.25) is 0 Å². The van der Waals surface area contributed by atoms with E-state index in [4.69, 9.17) is 0 Å². The minimum Gasteiger partial charge on any atom is -0.390 e. The molecule has 0 saturated carbocycles. The summed E-state index contributed by atoms with van der Waals surface area (Å²) in [5, 5.41) is 21.2. The van der Waals surface area contributed by atoms with Gasteiger partial charge in [-0.15, -0.1) is 0 Å². The molecule has 1 unspecified atom stereocenters. The van der Waals surface area contributed by atoms with E-state index >= 15 is 0 Å². The van der Waals surface area contributed by atoms with Crippen molar-refractivity contribution in [1.29, 1.82) is 0 Å². The zero-order valence-corrected chi connectivity index (χ0v) is 12.5. The summed E-state index contributed by atoms with van der Waals surface area (Å²) in [4.78, 5) is 0. The predicted octanol–water partition coefficient (Wildman–Crippen LogP) is 3.22. The number of hydrogen-bond donors (Lipinski definition) is 2. The second-order valence-electron chi connectivity index (χ2n) is 7.13. The third-order valence-electron chi connectivity index (χ3n) is 5.44. The van der Waals surface area contributed by atoms with Crippen LogP contribution in [0.3, 0.4) is 0 Å². The van der Waals surface area contributed by atoms with Crippen LogP contribution in [0.25, 0.3) is 0 Å². The molecule has 0 aromatic carbocycles. The van der Waals surface area contributed by atoms with Crippen LogP contribution < -0.4 is 0 Å². The quantitative estimate of drug-likeness (QED) is 0.778. The van der Waals surface area contributed by atoms with Gasteiger partial charge in [-0.05, 0) is 32.1 Å². The van der Waals surface area contributed by atoms with Crippen molar-refractivity contribution < 1.29 is 10.2 Å². The van der Waals surface area contributed by atoms with Gasteiger partial charge in [-0.2, -0.15) is 0 Å². The number of aliphatic hydroxyl groups is 2. The Hall–Kier alpha value is -0.0800. The van der Waals surface area contributed by atoms with E-state index < -0.39 is 16.6 Å². The molecule has 2 N–H and O–H groups in total. The third-order valence-corrected chi connectivity index (χ3v) is 5.44. The Morgan fingerprint density at radius 2 is 1.06 bits per heavy atom. The Morgan fingerprint density at radius 1 is 0.750 bits per heavy atom. The van der Waals surface area contributed by atoms with Crippen LogP contribution in [0.1, 0.15) is 62.3 Å². The molecule has 0 rings (SSSR count). The van der Waals surface area contributed by atoms with Gasteiger partial charge in [-0.3, -0.25) is 0 Å². The van der Waals surface area contributed by atoms with Crippen molar-refractivity contribution in [2.24, 2.45) is 16.7 Å². The summed E-state index contributed by atoms with van der Waals surface area (Å²) in [5.74, 6) is 0.337. The van der Waals surface area contributed by atoms with E-state index in [0.717, 1.165) is 0 Å². The molecule has 0 saturated heterocycles. The second-order valence-corrected chi connectivity index (χ2v) is 7.13. The second kappa shape index (κ2) is 3.99. The lowest BCUT2D eigenvalue weighted by atomic mass is 9.53. The minimum absolute atomic E-state index is 0.267. The van der Waals surface area contributed by atoms with Gasteiger partial charge in [0.15, 0.2) is 0 Å². The van der Waals surface area contributed by atoms with Gasteiger partial charge in [-0.1, -0.05) is 41.5 Å². The largest absolute Gasteiger partial charge is 0.390 e. The average Bonchev–Trinajstić information content (AvgIpc) is 2.00. The van der Waals surface area contributed by atoms with E-state index in [1.165, 1.54) is 0 Å². The maximum atomic E-state index is 10.9. The molecule has 1 atom stereocenters. The fraction of sp³-hybridized carbons (Fsp3) is 1.00. The summed E-state index contributed by atoms with van der Waals surface area (Å²) in [6.07, 6.45) is 0. The predicted molar refractivity (Wildman–Crippen MR) is 69.3 cm³/mol. The Kier molecular flexibility index (Phi) is 3.97. The Morgan fingerprint density at radius 3 is 1.25 bits per heavy atom. The van der Waals surface area contributed by atoms with Crippen molar-refractivity contribution in [2.75, 3.05) is 0 Å². The molecule has 0 aromatic rings. The lowest BCUT2D eigenvalue weighted by molar-refractivity contribution is -0.214. The molecule has 0 fully saturated rings. The molecule has 0 bridgehead atoms. The Bertz CT molecular complexity index is 242. The van der Waals surface area contributed by atoms with Crippen LogP contribution >= 0.6 is 0 Å². The number of hydrogen-bond acceptors (Lipinski definition) is 2. The lowest BCUT2D eigenvalue weighted by Crippen LogP contribution is -2.62. The molecule has 2 nitrogen and oxygen atoms in total. The summed E-state index contributed by atoms with van der Waals surface area (Å²) >= 11 is 0. The molecule has 0 radical (unpaired) electrons. The van der Waals surface area contributed by atoms with Crippen molar-refractivity contribution in [1.82, 2.24) is 0 Å². The smallest absolute Gasteiger partial charge is 0.0750 e. The van der Waals surface area contributed by atoms with Gasteiger partial charge < -0.3 is 10.2 Å². The Balaban J connectivity index is 5.53. The van der Waals surface area contributed by atoms with Crippen LogP contribution in [0.4, 0.5) is 0 Å². The van der Waals surface area contributed by atoms with Crippen LogP contribution in [0.2, 0.25) is 0 Å². The number of rotatable bonds is 4. The first kappa shape index (κ1) is 15.9. The van der Waals surface area contributed by atoms with Crippen LogP contribution in [-0.4, -0.2) is 21.4 Å². The van der Waals surface area contributed by atoms with Gasteiger partial charge in [0.05, 0.1) is 11.2 Å². The van der Waals surface area contributed by atoms with E-state index in [1.807, 2.05) is 20.8 Å². The molecule has 0 spiro atoms. The zero-order chi connectivity index (χ0) is 13.6. The molecule has 0 heterocycles. The van der Waals surface area contributed by atoms with Crippen molar-refractivity contribution in [3.8, 4) is 0 Å². The van der Waals surface area contributed by atoms with Gasteiger partial charge >= 0.3 is 0 Å². The highest BCUT2D eigenvalue weighted by Crippen LogP contribution is 2.52. The van der Waals surface area contributed by atoms with Crippen LogP contribution in [0.15, 0.2) is 0 Å². The van der Waals surface area contributed by atoms with Crippen LogP contribution in [-0.2, 0) is 0 Å². The van der Waals surface area contributed by atoms with Crippen molar-refractivity contribution in [3.05, 3.63) is 0 Å². The van der Waals surface area contributed by atoms with Gasteiger partial charge in [0.25, 0.3) is 0 Å². The summed E-state index contributed by atoms with van der Waals surface area (Å²) in [6, 6.07) is 0. The first-order valence-electron chi connectivity index (χ1n) is 6.14. The highest BCUT2D eigenvalue weighted by atomic mass is 16.3. The highest BCUT2D eigenvalue weighted by molar-refractivity contribution is 5.07. The summed E-state index contributed by atoms with van der Waals surface area (Å²) in [6.45, 7) is 17.6. The van der Waals surface area contributed by atoms with Crippen molar-refractivity contribution in [2.45, 2.75) is 73.5 Å². The van der Waals surface area contributed by atoms with E-state index in [0.29, 0.717) is 5.92 Å². The summed E-state index contributed by atoms with van der Waals surface area (Å²) in [5.41, 5.74) is -2.74. The molecule has 0 aliphatic heterocycles. The van der Waals surface area contributed by atoms with Gasteiger partial charge in [-0.25, -0.2) is 0 Å². The normalized spacial score (nSPS) is 18.8. The third kappa shape index (κ3) is 2.14. The highest BCUT2D eigenvalue weighted by Gasteiger charge is 2.57. The van der Waals surface area contributed by atoms with E-state index in [2.05, 4.69) is 27.7 Å². The summed E-state index contributed by atoms with van der Waals surface area (Å²) < 4.78 is 0. The molecule has 98 valence electrons. The first-order chi connectivity index (χ1) is 6.69. The van der Waals surface area contributed by atoms with Crippen molar-refractivity contribution in [3.63, 3.8) is 0 Å². The molecule has 16 heavy (non-hydrogen) atoms. The average molecular weight is 230 g/mol. The monoisotopic (exact) mass is 230 g/mol. The van der Waals surface area contributed by atoms with Crippen LogP contribution in [0, 0.1) is 16.7 Å². The standard InChI is InChI=1S/C14H30O2/c1-10(2)11(3,4)14(9,16)12(5,6)13(7,8)15/h10,15-16H,1-9H3. The zero-order valence-electron chi connectivity index (χ0n) is 12.5. The fourth-order valence-corrected chi connectivity index (χ4v) is 1.96. The molecular formula is C14H30O2. The molecule has 2 heteroatoms. The van der Waals surface area contributed by atoms with E-state index in [-0.39, 0.29) is 5.41 Å². The topological polar surface area (TPSA) is 40.5 Å². The molecule has 0 aliphatic rings. The maximum absolute atomic E-state index is 10.9. The molecule has 0 amide bonds. The maximum Gasteiger partial charge on any atom is 0.0750 e. The van der Waals surface area contributed by atoms with Crippen molar-refractivity contribution >= 4 is 0 Å². The van der Waals surface area contributed by atoms with E-state index in [1.54, 1.807) is 13.8 Å². The molecular weight excluding hydrogens is 200 g/mol. The van der Waals surface area contributed by atoms with E-state index in [9.17, 15) is 10.2 Å². The molecule has 0 aliphatic carbocycles. The van der Waals surface area contributed by atoms with Gasteiger partial charge in [0, 0.05) is 5.41 Å².